The van der Waals surface area contributed by atoms with E-state index in [2.05, 4.69) is 5.32 Å². The van der Waals surface area contributed by atoms with Crippen LogP contribution >= 0.6 is 11.3 Å². The third kappa shape index (κ3) is 3.54. The number of rotatable bonds is 5. The molecule has 0 unspecified atom stereocenters. The van der Waals surface area contributed by atoms with Crippen molar-refractivity contribution < 1.29 is 9.18 Å². The van der Waals surface area contributed by atoms with Gasteiger partial charge in [-0.2, -0.15) is 0 Å². The number of anilines is 2. The molecule has 0 aliphatic heterocycles. The zero-order chi connectivity index (χ0) is 13.8. The van der Waals surface area contributed by atoms with Crippen LogP contribution in [0.3, 0.4) is 0 Å². The number of thiophene rings is 1. The number of benzene rings is 1. The summed E-state index contributed by atoms with van der Waals surface area (Å²) in [7, 11) is 0. The fourth-order valence-electron chi connectivity index (χ4n) is 1.79. The second-order valence-corrected chi connectivity index (χ2v) is 5.31. The van der Waals surface area contributed by atoms with Gasteiger partial charge < -0.3 is 11.1 Å². The minimum atomic E-state index is -0.225. The molecule has 2 rings (SSSR count). The van der Waals surface area contributed by atoms with Gasteiger partial charge in [0.2, 0.25) is 0 Å². The number of ketones is 1. The summed E-state index contributed by atoms with van der Waals surface area (Å²) in [5.41, 5.74) is 7.18. The van der Waals surface area contributed by atoms with Crippen molar-refractivity contribution in [2.24, 2.45) is 0 Å². The van der Waals surface area contributed by atoms with E-state index in [1.54, 1.807) is 12.1 Å². The molecule has 0 saturated heterocycles. The molecule has 100 valence electrons. The molecule has 1 heterocycles. The molecule has 0 saturated carbocycles. The Hall–Kier alpha value is -1.88. The van der Waals surface area contributed by atoms with Crippen LogP contribution in [-0.4, -0.2) is 12.3 Å². The Labute approximate surface area is 115 Å². The van der Waals surface area contributed by atoms with Crippen LogP contribution in [-0.2, 0) is 6.42 Å². The number of halogens is 1. The van der Waals surface area contributed by atoms with E-state index in [0.29, 0.717) is 23.5 Å². The van der Waals surface area contributed by atoms with Gasteiger partial charge in [0.1, 0.15) is 5.82 Å². The molecule has 0 bridgehead atoms. The Morgan fingerprint density at radius 1 is 1.42 bits per heavy atom. The van der Waals surface area contributed by atoms with Crippen LogP contribution in [0.15, 0.2) is 30.3 Å². The number of Topliss-reactive ketones (excluding diaryl/α,β-unsaturated/α-hetero) is 1. The molecule has 5 heteroatoms. The van der Waals surface area contributed by atoms with E-state index in [1.165, 1.54) is 30.4 Å². The lowest BCUT2D eigenvalue weighted by atomic mass is 10.1. The van der Waals surface area contributed by atoms with Crippen LogP contribution in [0.25, 0.3) is 0 Å². The van der Waals surface area contributed by atoms with E-state index >= 15 is 0 Å². The minimum Gasteiger partial charge on any atom is -0.397 e. The molecule has 3 nitrogen and oxygen atoms in total. The van der Waals surface area contributed by atoms with Gasteiger partial charge in [-0.15, -0.1) is 11.3 Å². The molecule has 0 aliphatic carbocycles. The molecule has 0 aliphatic rings. The maximum absolute atomic E-state index is 13.0. The third-order valence-corrected chi connectivity index (χ3v) is 3.89. The standard InChI is InChI=1S/C14H15FN2OS/c1-9(18)14-12(16)8-13(19-14)17-6-5-10-3-2-4-11(15)7-10/h2-4,7-8,17H,5-6,16H2,1H3. The third-order valence-electron chi connectivity index (χ3n) is 2.68. The van der Waals surface area contributed by atoms with Crippen LogP contribution in [0.4, 0.5) is 15.1 Å². The zero-order valence-corrected chi connectivity index (χ0v) is 11.4. The van der Waals surface area contributed by atoms with Crippen LogP contribution in [0, 0.1) is 5.82 Å². The summed E-state index contributed by atoms with van der Waals surface area (Å²) >= 11 is 1.35. The van der Waals surface area contributed by atoms with Crippen molar-refractivity contribution >= 4 is 27.8 Å². The van der Waals surface area contributed by atoms with Crippen molar-refractivity contribution in [2.45, 2.75) is 13.3 Å². The summed E-state index contributed by atoms with van der Waals surface area (Å²) in [6.07, 6.45) is 0.713. The summed E-state index contributed by atoms with van der Waals surface area (Å²) < 4.78 is 13.0. The average Bonchev–Trinajstić information content (AvgIpc) is 2.71. The van der Waals surface area contributed by atoms with E-state index in [-0.39, 0.29) is 11.6 Å². The highest BCUT2D eigenvalue weighted by Crippen LogP contribution is 2.29. The topological polar surface area (TPSA) is 55.1 Å². The average molecular weight is 278 g/mol. The highest BCUT2D eigenvalue weighted by atomic mass is 32.1. The van der Waals surface area contributed by atoms with E-state index < -0.39 is 0 Å². The van der Waals surface area contributed by atoms with Gasteiger partial charge in [-0.1, -0.05) is 12.1 Å². The van der Waals surface area contributed by atoms with Crippen molar-refractivity contribution in [3.05, 3.63) is 46.6 Å². The first kappa shape index (κ1) is 13.5. The first-order valence-corrected chi connectivity index (χ1v) is 6.76. The first-order valence-electron chi connectivity index (χ1n) is 5.95. The van der Waals surface area contributed by atoms with Crippen LogP contribution in [0.1, 0.15) is 22.2 Å². The van der Waals surface area contributed by atoms with Crippen molar-refractivity contribution in [2.75, 3.05) is 17.6 Å². The van der Waals surface area contributed by atoms with E-state index in [9.17, 15) is 9.18 Å². The number of carbonyl (C=O) groups is 1. The maximum Gasteiger partial charge on any atom is 0.171 e. The molecule has 0 amide bonds. The Morgan fingerprint density at radius 3 is 2.84 bits per heavy atom. The second kappa shape index (κ2) is 5.84. The molecule has 1 aromatic heterocycles. The molecule has 1 aromatic carbocycles. The minimum absolute atomic E-state index is 0.0271. The molecular formula is C14H15FN2OS. The normalized spacial score (nSPS) is 10.4. The SMILES string of the molecule is CC(=O)c1sc(NCCc2cccc(F)c2)cc1N. The number of nitrogens with one attached hydrogen (secondary N) is 1. The lowest BCUT2D eigenvalue weighted by molar-refractivity contribution is 0.102. The van der Waals surface area contributed by atoms with Gasteiger partial charge in [0.05, 0.1) is 15.6 Å². The predicted octanol–water partition coefficient (Wildman–Crippen LogP) is 3.33. The fraction of sp³-hybridized carbons (Fsp3) is 0.214. The van der Waals surface area contributed by atoms with Crippen molar-refractivity contribution in [3.8, 4) is 0 Å². The summed E-state index contributed by atoms with van der Waals surface area (Å²) in [4.78, 5) is 11.9. The molecule has 3 N–H and O–H groups in total. The summed E-state index contributed by atoms with van der Waals surface area (Å²) in [6, 6.07) is 8.28. The highest BCUT2D eigenvalue weighted by molar-refractivity contribution is 7.18. The van der Waals surface area contributed by atoms with Crippen molar-refractivity contribution in [3.63, 3.8) is 0 Å². The molecule has 0 atom stereocenters. The lowest BCUT2D eigenvalue weighted by Crippen LogP contribution is -2.03. The largest absolute Gasteiger partial charge is 0.397 e. The Bertz CT molecular complexity index is 595. The predicted molar refractivity (Wildman–Crippen MR) is 77.3 cm³/mol. The summed E-state index contributed by atoms with van der Waals surface area (Å²) in [5, 5.41) is 4.05. The van der Waals surface area contributed by atoms with Gasteiger partial charge in [-0.25, -0.2) is 4.39 Å². The first-order chi connectivity index (χ1) is 9.06. The van der Waals surface area contributed by atoms with E-state index in [0.717, 1.165) is 10.6 Å². The van der Waals surface area contributed by atoms with Gasteiger partial charge in [0.25, 0.3) is 0 Å². The molecule has 0 spiro atoms. The van der Waals surface area contributed by atoms with Crippen LogP contribution < -0.4 is 11.1 Å². The Balaban J connectivity index is 1.92. The van der Waals surface area contributed by atoms with Gasteiger partial charge in [0, 0.05) is 13.5 Å². The number of nitrogen functional groups attached to an aromatic ring is 1. The number of carbonyl (C=O) groups excluding carboxylic acids is 1. The van der Waals surface area contributed by atoms with Gasteiger partial charge in [-0.05, 0) is 30.2 Å². The maximum atomic E-state index is 13.0. The van der Waals surface area contributed by atoms with Crippen molar-refractivity contribution in [1.29, 1.82) is 0 Å². The second-order valence-electron chi connectivity index (χ2n) is 4.26. The van der Waals surface area contributed by atoms with Gasteiger partial charge in [0.15, 0.2) is 5.78 Å². The number of hydrogen-bond acceptors (Lipinski definition) is 4. The zero-order valence-electron chi connectivity index (χ0n) is 10.6. The number of hydrogen-bond donors (Lipinski definition) is 2. The Kier molecular flexibility index (Phi) is 4.16. The molecule has 2 aromatic rings. The van der Waals surface area contributed by atoms with Crippen molar-refractivity contribution in [1.82, 2.24) is 0 Å². The molecule has 0 fully saturated rings. The van der Waals surface area contributed by atoms with E-state index in [4.69, 9.17) is 5.73 Å². The van der Waals surface area contributed by atoms with Gasteiger partial charge >= 0.3 is 0 Å². The van der Waals surface area contributed by atoms with Crippen LogP contribution in [0.5, 0.6) is 0 Å². The molecule has 0 radical (unpaired) electrons. The van der Waals surface area contributed by atoms with Crippen LogP contribution in [0.2, 0.25) is 0 Å². The quantitative estimate of drug-likeness (QED) is 0.825. The monoisotopic (exact) mass is 278 g/mol. The summed E-state index contributed by atoms with van der Waals surface area (Å²) in [6.45, 7) is 2.17. The van der Waals surface area contributed by atoms with Gasteiger partial charge in [-0.3, -0.25) is 4.79 Å². The molecule has 19 heavy (non-hydrogen) atoms. The summed E-state index contributed by atoms with van der Waals surface area (Å²) in [5.74, 6) is -0.252. The number of nitrogens with two attached hydrogens (primary N) is 1. The fourth-order valence-corrected chi connectivity index (χ4v) is 2.69. The smallest absolute Gasteiger partial charge is 0.171 e. The highest BCUT2D eigenvalue weighted by Gasteiger charge is 2.09. The lowest BCUT2D eigenvalue weighted by Gasteiger charge is -2.03. The molecular weight excluding hydrogens is 263 g/mol. The Morgan fingerprint density at radius 2 is 2.21 bits per heavy atom. The van der Waals surface area contributed by atoms with E-state index in [1.807, 2.05) is 6.07 Å².